The van der Waals surface area contributed by atoms with E-state index in [1.54, 1.807) is 0 Å². The van der Waals surface area contributed by atoms with E-state index in [1.165, 1.54) is 0 Å². The number of halogens is 1. The molecule has 1 unspecified atom stereocenters. The van der Waals surface area contributed by atoms with Gasteiger partial charge in [0.25, 0.3) is 0 Å². The fourth-order valence-corrected chi connectivity index (χ4v) is 3.64. The van der Waals surface area contributed by atoms with E-state index in [2.05, 4.69) is 20.7 Å². The van der Waals surface area contributed by atoms with Crippen LogP contribution >= 0.6 is 15.9 Å². The van der Waals surface area contributed by atoms with Gasteiger partial charge in [-0.2, -0.15) is 0 Å². The lowest BCUT2D eigenvalue weighted by Gasteiger charge is -2.06. The van der Waals surface area contributed by atoms with E-state index >= 15 is 0 Å². The van der Waals surface area contributed by atoms with Crippen molar-refractivity contribution in [2.45, 2.75) is 18.2 Å². The van der Waals surface area contributed by atoms with Gasteiger partial charge in [0.1, 0.15) is 9.84 Å². The van der Waals surface area contributed by atoms with Gasteiger partial charge in [-0.05, 0) is 6.42 Å². The Morgan fingerprint density at radius 2 is 1.73 bits per heavy atom. The highest BCUT2D eigenvalue weighted by Gasteiger charge is 2.13. The number of sulfonamides is 1. The first-order chi connectivity index (χ1) is 6.62. The second-order valence-corrected chi connectivity index (χ2v) is 9.16. The third-order valence-corrected chi connectivity index (χ3v) is 4.63. The molecule has 5 nitrogen and oxygen atoms in total. The molecule has 0 heterocycles. The van der Waals surface area contributed by atoms with Crippen LogP contribution in [-0.4, -0.2) is 46.0 Å². The molecular weight excluding hydrogens is 306 g/mol. The molecule has 0 fully saturated rings. The lowest BCUT2D eigenvalue weighted by molar-refractivity contribution is 0.577. The first-order valence-electron chi connectivity index (χ1n) is 4.41. The molecule has 0 aliphatic carbocycles. The summed E-state index contributed by atoms with van der Waals surface area (Å²) in [6.45, 7) is 2.23. The maximum Gasteiger partial charge on any atom is 0.212 e. The van der Waals surface area contributed by atoms with Gasteiger partial charge in [0, 0.05) is 17.6 Å². The van der Waals surface area contributed by atoms with Crippen LogP contribution in [0.4, 0.5) is 0 Å². The number of alkyl halides is 1. The van der Waals surface area contributed by atoms with Crippen molar-refractivity contribution in [1.82, 2.24) is 4.72 Å². The largest absolute Gasteiger partial charge is 0.229 e. The number of sulfone groups is 1. The highest BCUT2D eigenvalue weighted by Crippen LogP contribution is 2.01. The van der Waals surface area contributed by atoms with Crippen molar-refractivity contribution in [3.8, 4) is 0 Å². The predicted octanol–water partition coefficient (Wildman–Crippen LogP) is 0.124. The Bertz CT molecular complexity index is 374. The van der Waals surface area contributed by atoms with Crippen molar-refractivity contribution in [3.63, 3.8) is 0 Å². The normalized spacial score (nSPS) is 15.1. The number of hydrogen-bond donors (Lipinski definition) is 1. The van der Waals surface area contributed by atoms with E-state index in [1.807, 2.05) is 6.92 Å². The zero-order valence-electron chi connectivity index (χ0n) is 8.73. The van der Waals surface area contributed by atoms with Crippen LogP contribution in [0.15, 0.2) is 0 Å². The Balaban J connectivity index is 3.99. The summed E-state index contributed by atoms with van der Waals surface area (Å²) in [7, 11) is -6.69. The first-order valence-corrected chi connectivity index (χ1v) is 9.04. The Morgan fingerprint density at radius 3 is 2.13 bits per heavy atom. The van der Waals surface area contributed by atoms with Crippen molar-refractivity contribution in [3.05, 3.63) is 0 Å². The quantitative estimate of drug-likeness (QED) is 0.675. The standard InChI is InChI=1S/C7H16BrNO4S2/c1-7(8)3-4-9-15(12,13)6-5-14(2,10)11/h7,9H,3-6H2,1-2H3. The number of rotatable bonds is 7. The Kier molecular flexibility index (Phi) is 6.31. The molecule has 92 valence electrons. The van der Waals surface area contributed by atoms with Gasteiger partial charge in [-0.25, -0.2) is 21.6 Å². The molecule has 0 aliphatic rings. The van der Waals surface area contributed by atoms with Crippen LogP contribution in [-0.2, 0) is 19.9 Å². The molecule has 0 aromatic carbocycles. The molecule has 0 aliphatic heterocycles. The first kappa shape index (κ1) is 15.3. The minimum Gasteiger partial charge on any atom is -0.229 e. The molecule has 0 amide bonds. The predicted molar refractivity (Wildman–Crippen MR) is 64.5 cm³/mol. The number of hydrogen-bond acceptors (Lipinski definition) is 4. The summed E-state index contributed by atoms with van der Waals surface area (Å²) >= 11 is 3.28. The van der Waals surface area contributed by atoms with Gasteiger partial charge in [-0.15, -0.1) is 0 Å². The van der Waals surface area contributed by atoms with Gasteiger partial charge in [0.15, 0.2) is 0 Å². The minimum atomic E-state index is -3.46. The van der Waals surface area contributed by atoms with E-state index < -0.39 is 19.9 Å². The summed E-state index contributed by atoms with van der Waals surface area (Å²) in [6.07, 6.45) is 1.68. The average Bonchev–Trinajstić information content (AvgIpc) is 1.99. The summed E-state index contributed by atoms with van der Waals surface area (Å²) in [5.41, 5.74) is 0. The Labute approximate surface area is 99.7 Å². The fraction of sp³-hybridized carbons (Fsp3) is 1.00. The van der Waals surface area contributed by atoms with Gasteiger partial charge >= 0.3 is 0 Å². The highest BCUT2D eigenvalue weighted by atomic mass is 79.9. The van der Waals surface area contributed by atoms with Crippen LogP contribution in [0.1, 0.15) is 13.3 Å². The number of nitrogens with one attached hydrogen (secondary N) is 1. The van der Waals surface area contributed by atoms with Crippen LogP contribution in [0, 0.1) is 0 Å². The van der Waals surface area contributed by atoms with E-state index in [4.69, 9.17) is 0 Å². The molecule has 0 rings (SSSR count). The van der Waals surface area contributed by atoms with E-state index in [9.17, 15) is 16.8 Å². The molecule has 0 saturated carbocycles. The molecule has 0 aromatic heterocycles. The fourth-order valence-electron chi connectivity index (χ4n) is 0.747. The molecule has 0 saturated heterocycles. The molecule has 0 spiro atoms. The molecule has 0 radical (unpaired) electrons. The molecule has 1 atom stereocenters. The lowest BCUT2D eigenvalue weighted by atomic mass is 10.3. The summed E-state index contributed by atoms with van der Waals surface area (Å²) in [4.78, 5) is 0.232. The molecule has 0 bridgehead atoms. The third-order valence-electron chi connectivity index (χ3n) is 1.59. The maximum absolute atomic E-state index is 11.3. The van der Waals surface area contributed by atoms with Crippen LogP contribution < -0.4 is 4.72 Å². The third kappa shape index (κ3) is 10.6. The van der Waals surface area contributed by atoms with Crippen LogP contribution in [0.5, 0.6) is 0 Å². The molecule has 1 N–H and O–H groups in total. The van der Waals surface area contributed by atoms with Crippen molar-refractivity contribution in [2.75, 3.05) is 24.3 Å². The molecule has 8 heteroatoms. The van der Waals surface area contributed by atoms with E-state index in [-0.39, 0.29) is 16.3 Å². The smallest absolute Gasteiger partial charge is 0.212 e. The molecule has 0 aromatic rings. The van der Waals surface area contributed by atoms with Gasteiger partial charge in [-0.1, -0.05) is 22.9 Å². The second-order valence-electron chi connectivity index (χ2n) is 3.41. The lowest BCUT2D eigenvalue weighted by Crippen LogP contribution is -2.31. The highest BCUT2D eigenvalue weighted by molar-refractivity contribution is 9.09. The summed E-state index contributed by atoms with van der Waals surface area (Å²) in [6, 6.07) is 0. The van der Waals surface area contributed by atoms with Gasteiger partial charge in [0.2, 0.25) is 10.0 Å². The van der Waals surface area contributed by atoms with Crippen molar-refractivity contribution in [1.29, 1.82) is 0 Å². The van der Waals surface area contributed by atoms with Gasteiger partial charge in [-0.3, -0.25) is 0 Å². The second kappa shape index (κ2) is 6.17. The Hall–Kier alpha value is 0.340. The van der Waals surface area contributed by atoms with Crippen LogP contribution in [0.2, 0.25) is 0 Å². The van der Waals surface area contributed by atoms with Crippen molar-refractivity contribution >= 4 is 35.8 Å². The van der Waals surface area contributed by atoms with Gasteiger partial charge < -0.3 is 0 Å². The molecule has 15 heavy (non-hydrogen) atoms. The SMILES string of the molecule is CC(Br)CCNS(=O)(=O)CCS(C)(=O)=O. The topological polar surface area (TPSA) is 80.3 Å². The molecular formula is C7H16BrNO4S2. The van der Waals surface area contributed by atoms with Crippen LogP contribution in [0.25, 0.3) is 0 Å². The van der Waals surface area contributed by atoms with Crippen molar-refractivity contribution < 1.29 is 16.8 Å². The monoisotopic (exact) mass is 321 g/mol. The van der Waals surface area contributed by atoms with E-state index in [0.717, 1.165) is 6.26 Å². The van der Waals surface area contributed by atoms with Crippen LogP contribution in [0.3, 0.4) is 0 Å². The zero-order chi connectivity index (χ0) is 12.1. The summed E-state index contributed by atoms with van der Waals surface area (Å²) in [5, 5.41) is 0. The van der Waals surface area contributed by atoms with Crippen molar-refractivity contribution in [2.24, 2.45) is 0 Å². The average molecular weight is 322 g/mol. The van der Waals surface area contributed by atoms with E-state index in [0.29, 0.717) is 13.0 Å². The Morgan fingerprint density at radius 1 is 1.20 bits per heavy atom. The zero-order valence-corrected chi connectivity index (χ0v) is 12.0. The maximum atomic E-state index is 11.3. The summed E-state index contributed by atoms with van der Waals surface area (Å²) < 4.78 is 46.4. The summed E-state index contributed by atoms with van der Waals surface area (Å²) in [5.74, 6) is -0.714. The minimum absolute atomic E-state index is 0.232. The van der Waals surface area contributed by atoms with Gasteiger partial charge in [0.05, 0.1) is 11.5 Å².